The number of carboxylic acids is 1. The first-order valence-electron chi connectivity index (χ1n) is 5.04. The molecule has 0 aliphatic heterocycles. The van der Waals surface area contributed by atoms with E-state index in [2.05, 4.69) is 25.4 Å². The van der Waals surface area contributed by atoms with Gasteiger partial charge in [0, 0.05) is 10.5 Å². The molecule has 0 atom stereocenters. The summed E-state index contributed by atoms with van der Waals surface area (Å²) in [6.45, 7) is 3.33. The fourth-order valence-electron chi connectivity index (χ4n) is 1.27. The summed E-state index contributed by atoms with van der Waals surface area (Å²) in [4.78, 5) is 11.0. The van der Waals surface area contributed by atoms with Gasteiger partial charge in [-0.3, -0.25) is 4.72 Å². The van der Waals surface area contributed by atoms with E-state index in [0.29, 0.717) is 4.47 Å². The minimum atomic E-state index is -3.79. The summed E-state index contributed by atoms with van der Waals surface area (Å²) < 4.78 is 28.4. The van der Waals surface area contributed by atoms with Gasteiger partial charge in [0.05, 0.1) is 11.3 Å². The van der Waals surface area contributed by atoms with Gasteiger partial charge in [-0.25, -0.2) is 4.79 Å². The SMILES string of the molecule is CC(C)NS(=O)(=O)Nc1cc(Br)ccc1C(=O)O. The van der Waals surface area contributed by atoms with Gasteiger partial charge in [-0.05, 0) is 32.0 Å². The van der Waals surface area contributed by atoms with Crippen molar-refractivity contribution < 1.29 is 18.3 Å². The van der Waals surface area contributed by atoms with Gasteiger partial charge >= 0.3 is 5.97 Å². The highest BCUT2D eigenvalue weighted by Crippen LogP contribution is 2.22. The molecular formula is C10H13BrN2O4S. The van der Waals surface area contributed by atoms with Gasteiger partial charge < -0.3 is 5.11 Å². The first-order valence-corrected chi connectivity index (χ1v) is 7.32. The fraction of sp³-hybridized carbons (Fsp3) is 0.300. The number of benzene rings is 1. The molecule has 0 bridgehead atoms. The maximum absolute atomic E-state index is 11.7. The van der Waals surface area contributed by atoms with Crippen LogP contribution in [0, 0.1) is 0 Å². The van der Waals surface area contributed by atoms with Gasteiger partial charge in [0.2, 0.25) is 0 Å². The molecule has 1 aromatic carbocycles. The number of aromatic carboxylic acids is 1. The quantitative estimate of drug-likeness (QED) is 0.763. The lowest BCUT2D eigenvalue weighted by Crippen LogP contribution is -2.35. The summed E-state index contributed by atoms with van der Waals surface area (Å²) in [6.07, 6.45) is 0. The maximum atomic E-state index is 11.7. The number of anilines is 1. The van der Waals surface area contributed by atoms with E-state index in [1.807, 2.05) is 0 Å². The maximum Gasteiger partial charge on any atom is 0.337 e. The van der Waals surface area contributed by atoms with E-state index >= 15 is 0 Å². The first kappa shape index (κ1) is 14.9. The van der Waals surface area contributed by atoms with Crippen molar-refractivity contribution in [3.63, 3.8) is 0 Å². The van der Waals surface area contributed by atoms with Crippen LogP contribution < -0.4 is 9.44 Å². The lowest BCUT2D eigenvalue weighted by molar-refractivity contribution is 0.0698. The Morgan fingerprint density at radius 1 is 1.39 bits per heavy atom. The molecule has 3 N–H and O–H groups in total. The minimum absolute atomic E-state index is 0.00465. The molecule has 18 heavy (non-hydrogen) atoms. The highest BCUT2D eigenvalue weighted by Gasteiger charge is 2.17. The Hall–Kier alpha value is -1.12. The summed E-state index contributed by atoms with van der Waals surface area (Å²) in [7, 11) is -3.79. The standard InChI is InChI=1S/C10H13BrN2O4S/c1-6(2)12-18(16,17)13-9-5-7(11)3-4-8(9)10(14)15/h3-6,12-13H,1-2H3,(H,14,15). The smallest absolute Gasteiger partial charge is 0.337 e. The van der Waals surface area contributed by atoms with Crippen LogP contribution in [0.15, 0.2) is 22.7 Å². The van der Waals surface area contributed by atoms with E-state index in [0.717, 1.165) is 0 Å². The van der Waals surface area contributed by atoms with Gasteiger partial charge in [0.15, 0.2) is 0 Å². The van der Waals surface area contributed by atoms with Crippen molar-refractivity contribution in [3.8, 4) is 0 Å². The monoisotopic (exact) mass is 336 g/mol. The van der Waals surface area contributed by atoms with Crippen LogP contribution in [-0.4, -0.2) is 25.5 Å². The Morgan fingerprint density at radius 3 is 2.50 bits per heavy atom. The summed E-state index contributed by atoms with van der Waals surface area (Å²) in [6, 6.07) is 3.95. The highest BCUT2D eigenvalue weighted by molar-refractivity contribution is 9.10. The number of nitrogens with one attached hydrogen (secondary N) is 2. The third kappa shape index (κ3) is 4.28. The Kier molecular flexibility index (Phi) is 4.71. The van der Waals surface area contributed by atoms with E-state index in [-0.39, 0.29) is 17.3 Å². The number of carbonyl (C=O) groups is 1. The topological polar surface area (TPSA) is 95.5 Å². The van der Waals surface area contributed by atoms with Crippen LogP contribution in [0.1, 0.15) is 24.2 Å². The zero-order valence-electron chi connectivity index (χ0n) is 9.77. The summed E-state index contributed by atoms with van der Waals surface area (Å²) in [5.41, 5.74) is -0.114. The summed E-state index contributed by atoms with van der Waals surface area (Å²) in [5.74, 6) is -1.20. The van der Waals surface area contributed by atoms with Gasteiger partial charge in [-0.2, -0.15) is 13.1 Å². The second-order valence-electron chi connectivity index (χ2n) is 3.87. The number of rotatable bonds is 5. The number of carboxylic acid groups (broad SMARTS) is 1. The molecule has 0 saturated heterocycles. The number of hydrogen-bond acceptors (Lipinski definition) is 3. The highest BCUT2D eigenvalue weighted by atomic mass is 79.9. The zero-order valence-corrected chi connectivity index (χ0v) is 12.2. The average molecular weight is 337 g/mol. The minimum Gasteiger partial charge on any atom is -0.478 e. The molecule has 0 aliphatic carbocycles. The molecule has 0 aliphatic rings. The third-order valence-electron chi connectivity index (χ3n) is 1.85. The van der Waals surface area contributed by atoms with Gasteiger partial charge in [0.25, 0.3) is 10.2 Å². The van der Waals surface area contributed by atoms with E-state index in [1.54, 1.807) is 13.8 Å². The third-order valence-corrected chi connectivity index (χ3v) is 3.61. The molecule has 0 aromatic heterocycles. The second-order valence-corrected chi connectivity index (χ2v) is 6.24. The number of halogens is 1. The predicted octanol–water partition coefficient (Wildman–Crippen LogP) is 1.80. The van der Waals surface area contributed by atoms with Crippen LogP contribution in [0.2, 0.25) is 0 Å². The van der Waals surface area contributed by atoms with E-state index in [9.17, 15) is 13.2 Å². The van der Waals surface area contributed by atoms with E-state index in [1.165, 1.54) is 18.2 Å². The predicted molar refractivity (Wildman–Crippen MR) is 71.9 cm³/mol. The molecule has 0 heterocycles. The van der Waals surface area contributed by atoms with Gasteiger partial charge in [-0.1, -0.05) is 15.9 Å². The van der Waals surface area contributed by atoms with E-state index < -0.39 is 16.2 Å². The van der Waals surface area contributed by atoms with Crippen LogP contribution in [0.5, 0.6) is 0 Å². The molecule has 8 heteroatoms. The van der Waals surface area contributed by atoms with Crippen molar-refractivity contribution in [3.05, 3.63) is 28.2 Å². The molecule has 0 radical (unpaired) electrons. The Bertz CT molecular complexity index is 557. The van der Waals surface area contributed by atoms with Crippen molar-refractivity contribution in [2.24, 2.45) is 0 Å². The van der Waals surface area contributed by atoms with Crippen molar-refractivity contribution in [2.75, 3.05) is 4.72 Å². The first-order chi connectivity index (χ1) is 8.21. The van der Waals surface area contributed by atoms with Crippen molar-refractivity contribution in [1.29, 1.82) is 0 Å². The Balaban J connectivity index is 3.10. The number of hydrogen-bond donors (Lipinski definition) is 3. The van der Waals surface area contributed by atoms with Gasteiger partial charge in [-0.15, -0.1) is 0 Å². The normalized spacial score (nSPS) is 11.6. The van der Waals surface area contributed by atoms with Crippen LogP contribution in [0.25, 0.3) is 0 Å². The molecule has 1 rings (SSSR count). The molecule has 0 saturated carbocycles. The molecule has 6 nitrogen and oxygen atoms in total. The zero-order chi connectivity index (χ0) is 13.9. The Morgan fingerprint density at radius 2 is 2.00 bits per heavy atom. The molecular weight excluding hydrogens is 324 g/mol. The Labute approximate surface area is 114 Å². The van der Waals surface area contributed by atoms with Crippen LogP contribution >= 0.6 is 15.9 Å². The fourth-order valence-corrected chi connectivity index (χ4v) is 2.77. The van der Waals surface area contributed by atoms with Crippen LogP contribution in [-0.2, 0) is 10.2 Å². The molecule has 0 spiro atoms. The summed E-state index contributed by atoms with van der Waals surface area (Å²) in [5, 5.41) is 8.96. The summed E-state index contributed by atoms with van der Waals surface area (Å²) >= 11 is 3.16. The van der Waals surface area contributed by atoms with E-state index in [4.69, 9.17) is 5.11 Å². The lowest BCUT2D eigenvalue weighted by atomic mass is 10.2. The lowest BCUT2D eigenvalue weighted by Gasteiger charge is -2.13. The molecule has 0 amide bonds. The molecule has 0 fully saturated rings. The van der Waals surface area contributed by atoms with Crippen LogP contribution in [0.3, 0.4) is 0 Å². The molecule has 0 unspecified atom stereocenters. The van der Waals surface area contributed by atoms with Crippen molar-refractivity contribution in [1.82, 2.24) is 4.72 Å². The largest absolute Gasteiger partial charge is 0.478 e. The van der Waals surface area contributed by atoms with Gasteiger partial charge in [0.1, 0.15) is 0 Å². The van der Waals surface area contributed by atoms with Crippen molar-refractivity contribution in [2.45, 2.75) is 19.9 Å². The molecule has 1 aromatic rings. The molecule has 100 valence electrons. The van der Waals surface area contributed by atoms with Crippen molar-refractivity contribution >= 4 is 37.8 Å². The average Bonchev–Trinajstić information content (AvgIpc) is 2.13. The second kappa shape index (κ2) is 5.68. The van der Waals surface area contributed by atoms with Crippen LogP contribution in [0.4, 0.5) is 5.69 Å².